The van der Waals surface area contributed by atoms with Crippen LogP contribution in [-0.2, 0) is 22.7 Å². The van der Waals surface area contributed by atoms with Crippen LogP contribution in [-0.4, -0.2) is 14.3 Å². The SMILES string of the molecule is Cc1ccc(NS(=O)(=O)c2cc(C(=O)NCc3cccc(C(F)(F)F)c3)ccc2C)c(C)c1. The Hall–Kier alpha value is -3.33. The maximum atomic E-state index is 13.0. The average molecular weight is 477 g/mol. The van der Waals surface area contributed by atoms with Crippen molar-refractivity contribution in [3.63, 3.8) is 0 Å². The first-order chi connectivity index (χ1) is 15.4. The third-order valence-corrected chi connectivity index (χ3v) is 6.58. The van der Waals surface area contributed by atoms with E-state index in [-0.39, 0.29) is 22.6 Å². The van der Waals surface area contributed by atoms with Crippen molar-refractivity contribution < 1.29 is 26.4 Å². The number of carbonyl (C=O) groups is 1. The smallest absolute Gasteiger partial charge is 0.348 e. The van der Waals surface area contributed by atoms with E-state index in [1.807, 2.05) is 13.0 Å². The second kappa shape index (κ2) is 9.27. The predicted molar refractivity (Wildman–Crippen MR) is 121 cm³/mol. The molecule has 9 heteroatoms. The Bertz CT molecular complexity index is 1300. The summed E-state index contributed by atoms with van der Waals surface area (Å²) in [7, 11) is -3.98. The first-order valence-electron chi connectivity index (χ1n) is 10.0. The van der Waals surface area contributed by atoms with Gasteiger partial charge in [0.25, 0.3) is 15.9 Å². The van der Waals surface area contributed by atoms with Gasteiger partial charge < -0.3 is 5.32 Å². The number of sulfonamides is 1. The van der Waals surface area contributed by atoms with Gasteiger partial charge in [-0.2, -0.15) is 13.2 Å². The quantitative estimate of drug-likeness (QED) is 0.503. The number of aryl methyl sites for hydroxylation is 3. The van der Waals surface area contributed by atoms with E-state index in [0.29, 0.717) is 11.3 Å². The van der Waals surface area contributed by atoms with Crippen LogP contribution >= 0.6 is 0 Å². The summed E-state index contributed by atoms with van der Waals surface area (Å²) in [6.07, 6.45) is -4.48. The fourth-order valence-electron chi connectivity index (χ4n) is 3.30. The van der Waals surface area contributed by atoms with Crippen molar-refractivity contribution in [3.8, 4) is 0 Å². The van der Waals surface area contributed by atoms with Crippen molar-refractivity contribution in [3.05, 3.63) is 94.0 Å². The lowest BCUT2D eigenvalue weighted by atomic mass is 10.1. The Labute approximate surface area is 190 Å². The van der Waals surface area contributed by atoms with Gasteiger partial charge in [0, 0.05) is 12.1 Å². The molecule has 3 aromatic rings. The number of benzene rings is 3. The second-order valence-corrected chi connectivity index (χ2v) is 9.44. The van der Waals surface area contributed by atoms with E-state index in [0.717, 1.165) is 23.3 Å². The lowest BCUT2D eigenvalue weighted by Crippen LogP contribution is -2.24. The van der Waals surface area contributed by atoms with Gasteiger partial charge >= 0.3 is 6.18 Å². The van der Waals surface area contributed by atoms with Gasteiger partial charge in [0.1, 0.15) is 0 Å². The molecule has 0 unspecified atom stereocenters. The number of hydrogen-bond acceptors (Lipinski definition) is 3. The molecule has 3 aromatic carbocycles. The zero-order chi connectivity index (χ0) is 24.4. The van der Waals surface area contributed by atoms with E-state index < -0.39 is 27.7 Å². The maximum Gasteiger partial charge on any atom is 0.416 e. The lowest BCUT2D eigenvalue weighted by molar-refractivity contribution is -0.137. The normalized spacial score (nSPS) is 11.8. The van der Waals surface area contributed by atoms with Crippen molar-refractivity contribution >= 4 is 21.6 Å². The third-order valence-electron chi connectivity index (χ3n) is 5.07. The molecule has 0 aromatic heterocycles. The first kappa shape index (κ1) is 24.3. The molecule has 2 N–H and O–H groups in total. The number of alkyl halides is 3. The molecule has 0 heterocycles. The molecule has 0 saturated heterocycles. The number of carbonyl (C=O) groups excluding carboxylic acids is 1. The van der Waals surface area contributed by atoms with E-state index in [1.54, 1.807) is 26.0 Å². The molecule has 0 fully saturated rings. The molecule has 5 nitrogen and oxygen atoms in total. The summed E-state index contributed by atoms with van der Waals surface area (Å²) in [5.74, 6) is -0.602. The summed E-state index contributed by atoms with van der Waals surface area (Å²) in [5, 5.41) is 2.54. The van der Waals surface area contributed by atoms with Gasteiger partial charge in [0.05, 0.1) is 16.1 Å². The Balaban J connectivity index is 1.80. The highest BCUT2D eigenvalue weighted by molar-refractivity contribution is 7.92. The first-order valence-corrected chi connectivity index (χ1v) is 11.5. The van der Waals surface area contributed by atoms with Gasteiger partial charge in [-0.05, 0) is 67.8 Å². The summed E-state index contributed by atoms with van der Waals surface area (Å²) < 4.78 is 67.2. The summed E-state index contributed by atoms with van der Waals surface area (Å²) in [4.78, 5) is 12.5. The highest BCUT2D eigenvalue weighted by atomic mass is 32.2. The summed E-state index contributed by atoms with van der Waals surface area (Å²) >= 11 is 0. The number of nitrogens with one attached hydrogen (secondary N) is 2. The van der Waals surface area contributed by atoms with Crippen LogP contribution in [0, 0.1) is 20.8 Å². The van der Waals surface area contributed by atoms with Crippen LogP contribution < -0.4 is 10.0 Å². The Morgan fingerprint density at radius 3 is 2.30 bits per heavy atom. The summed E-state index contributed by atoms with van der Waals surface area (Å²) in [6.45, 7) is 5.16. The minimum Gasteiger partial charge on any atom is -0.348 e. The van der Waals surface area contributed by atoms with Gasteiger partial charge in [0.2, 0.25) is 0 Å². The van der Waals surface area contributed by atoms with E-state index in [9.17, 15) is 26.4 Å². The molecule has 0 bridgehead atoms. The monoisotopic (exact) mass is 476 g/mol. The zero-order valence-electron chi connectivity index (χ0n) is 18.2. The molecule has 0 radical (unpaired) electrons. The fraction of sp³-hybridized carbons (Fsp3) is 0.208. The van der Waals surface area contributed by atoms with Gasteiger partial charge in [0.15, 0.2) is 0 Å². The van der Waals surface area contributed by atoms with E-state index in [1.165, 1.54) is 30.3 Å². The van der Waals surface area contributed by atoms with Crippen molar-refractivity contribution in [2.75, 3.05) is 4.72 Å². The van der Waals surface area contributed by atoms with Crippen LogP contribution in [0.2, 0.25) is 0 Å². The van der Waals surface area contributed by atoms with Crippen LogP contribution in [0.25, 0.3) is 0 Å². The van der Waals surface area contributed by atoms with Crippen LogP contribution in [0.3, 0.4) is 0 Å². The molecule has 0 saturated carbocycles. The van der Waals surface area contributed by atoms with Gasteiger partial charge in [-0.3, -0.25) is 9.52 Å². The minimum absolute atomic E-state index is 0.0609. The second-order valence-electron chi connectivity index (χ2n) is 7.78. The van der Waals surface area contributed by atoms with Crippen molar-refractivity contribution in [2.24, 2.45) is 0 Å². The molecule has 33 heavy (non-hydrogen) atoms. The van der Waals surface area contributed by atoms with E-state index in [2.05, 4.69) is 10.0 Å². The molecule has 3 rings (SSSR count). The molecule has 0 aliphatic carbocycles. The molecule has 0 atom stereocenters. The standard InChI is InChI=1S/C24H23F3N2O3S/c1-15-7-10-21(17(3)11-15)29-33(31,32)22-13-19(9-8-16(22)2)23(30)28-14-18-5-4-6-20(12-18)24(25,26)27/h4-13,29H,14H2,1-3H3,(H,28,30). The minimum atomic E-state index is -4.48. The number of hydrogen-bond donors (Lipinski definition) is 2. The number of halogens is 3. The third kappa shape index (κ3) is 5.92. The highest BCUT2D eigenvalue weighted by Crippen LogP contribution is 2.29. The number of amides is 1. The van der Waals surface area contributed by atoms with Crippen LogP contribution in [0.5, 0.6) is 0 Å². The lowest BCUT2D eigenvalue weighted by Gasteiger charge is -2.14. The zero-order valence-corrected chi connectivity index (χ0v) is 19.1. The molecule has 1 amide bonds. The largest absolute Gasteiger partial charge is 0.416 e. The summed E-state index contributed by atoms with van der Waals surface area (Å²) in [5.41, 5.74) is 2.16. The molecule has 0 aliphatic rings. The van der Waals surface area contributed by atoms with Crippen LogP contribution in [0.1, 0.15) is 38.2 Å². The molecule has 174 valence electrons. The van der Waals surface area contributed by atoms with Gasteiger partial charge in [-0.1, -0.05) is 35.9 Å². The van der Waals surface area contributed by atoms with Gasteiger partial charge in [-0.25, -0.2) is 8.42 Å². The van der Waals surface area contributed by atoms with E-state index in [4.69, 9.17) is 0 Å². The Morgan fingerprint density at radius 2 is 1.64 bits per heavy atom. The Morgan fingerprint density at radius 1 is 0.909 bits per heavy atom. The maximum absolute atomic E-state index is 13.0. The Kier molecular flexibility index (Phi) is 6.83. The summed E-state index contributed by atoms with van der Waals surface area (Å²) in [6, 6.07) is 14.2. The number of anilines is 1. The van der Waals surface area contributed by atoms with Gasteiger partial charge in [-0.15, -0.1) is 0 Å². The molecule has 0 spiro atoms. The molecular weight excluding hydrogens is 453 g/mol. The van der Waals surface area contributed by atoms with Crippen molar-refractivity contribution in [1.82, 2.24) is 5.32 Å². The number of rotatable bonds is 6. The molecule has 0 aliphatic heterocycles. The van der Waals surface area contributed by atoms with E-state index >= 15 is 0 Å². The van der Waals surface area contributed by atoms with Crippen LogP contribution in [0.15, 0.2) is 65.6 Å². The topological polar surface area (TPSA) is 75.3 Å². The average Bonchev–Trinajstić information content (AvgIpc) is 2.74. The predicted octanol–water partition coefficient (Wildman–Crippen LogP) is 5.36. The van der Waals surface area contributed by atoms with Crippen molar-refractivity contribution in [1.29, 1.82) is 0 Å². The van der Waals surface area contributed by atoms with Crippen molar-refractivity contribution in [2.45, 2.75) is 38.4 Å². The highest BCUT2D eigenvalue weighted by Gasteiger charge is 2.30. The molecular formula is C24H23F3N2O3S. The van der Waals surface area contributed by atoms with Crippen LogP contribution in [0.4, 0.5) is 18.9 Å². The fourth-order valence-corrected chi connectivity index (χ4v) is 4.70.